The topological polar surface area (TPSA) is 505 Å². The Morgan fingerprint density at radius 3 is 1.46 bits per heavy atom. The van der Waals surface area contributed by atoms with E-state index in [0.717, 1.165) is 20.8 Å². The van der Waals surface area contributed by atoms with Gasteiger partial charge in [-0.3, -0.25) is 14.4 Å². The molecule has 72 heavy (non-hydrogen) atoms. The van der Waals surface area contributed by atoms with Gasteiger partial charge in [0.1, 0.15) is 85.4 Å². The van der Waals surface area contributed by atoms with Crippen LogP contribution in [0, 0.1) is 0 Å². The van der Waals surface area contributed by atoms with Crippen LogP contribution in [0.3, 0.4) is 0 Å². The van der Waals surface area contributed by atoms with Crippen molar-refractivity contribution >= 4 is 29.7 Å². The third kappa shape index (κ3) is 14.3. The van der Waals surface area contributed by atoms with Crippen molar-refractivity contribution in [2.24, 2.45) is 5.73 Å². The van der Waals surface area contributed by atoms with E-state index in [2.05, 4.69) is 16.0 Å². The number of aliphatic hydroxyl groups is 12. The first-order valence-electron chi connectivity index (χ1n) is 23.0. The lowest BCUT2D eigenvalue weighted by Crippen LogP contribution is -2.73. The molecule has 4 rings (SSSR count). The van der Waals surface area contributed by atoms with E-state index < -0.39 is 203 Å². The second-order valence-corrected chi connectivity index (χ2v) is 17.9. The normalized spacial score (nSPS) is 38.9. The summed E-state index contributed by atoms with van der Waals surface area (Å²) in [5.74, 6) is -12.9. The van der Waals surface area contributed by atoms with E-state index in [4.69, 9.17) is 43.6 Å². The summed E-state index contributed by atoms with van der Waals surface area (Å²) in [5.41, 5.74) is 5.60. The fourth-order valence-electron chi connectivity index (χ4n) is 8.91. The van der Waals surface area contributed by atoms with Crippen molar-refractivity contribution in [1.29, 1.82) is 0 Å². The minimum Gasteiger partial charge on any atom is -0.477 e. The van der Waals surface area contributed by atoms with Crippen LogP contribution in [0.5, 0.6) is 0 Å². The van der Waals surface area contributed by atoms with Crippen molar-refractivity contribution in [3.8, 4) is 0 Å². The third-order valence-electron chi connectivity index (χ3n) is 12.5. The maximum Gasteiger partial charge on any atom is 0.364 e. The summed E-state index contributed by atoms with van der Waals surface area (Å²) in [4.78, 5) is 63.6. The lowest BCUT2D eigenvalue weighted by atomic mass is 9.87. The SMILES string of the molecule is CC(=O)N[C@H]1[C@H](OCCCCCN)O[C@H](CO)[C@@H](O[C@@H]2O[C@H](CO)[C@H](O[C@@]3(C(=O)O)C[C@H](O)[C@@H](NC(C)=O)[C@H]([C@H](O)[C@H](O)CO)O3)[C@H](O)[C@H]2O)[C@@H]1O[C@@]1(C(=O)O)C[C@H](O)[C@@H](NC(C)=O)[C@H]([C@H](O)[C@H](O)CO)O1. The summed E-state index contributed by atoms with van der Waals surface area (Å²) in [6.07, 6.45) is -36.2. The summed E-state index contributed by atoms with van der Waals surface area (Å²) in [6, 6.07) is -5.03. The van der Waals surface area contributed by atoms with Crippen LogP contribution in [0.1, 0.15) is 52.9 Å². The van der Waals surface area contributed by atoms with E-state index in [1.54, 1.807) is 0 Å². The van der Waals surface area contributed by atoms with Gasteiger partial charge in [0.25, 0.3) is 11.6 Å². The number of aliphatic carboxylic acids is 2. The van der Waals surface area contributed by atoms with Gasteiger partial charge >= 0.3 is 11.9 Å². The number of hydrogen-bond donors (Lipinski definition) is 18. The van der Waals surface area contributed by atoms with E-state index >= 15 is 0 Å². The smallest absolute Gasteiger partial charge is 0.364 e. The average molecular weight is 1050 g/mol. The first-order chi connectivity index (χ1) is 33.8. The largest absolute Gasteiger partial charge is 0.477 e. The van der Waals surface area contributed by atoms with Gasteiger partial charge in [-0.2, -0.15) is 0 Å². The minimum atomic E-state index is -3.19. The minimum absolute atomic E-state index is 0.105. The van der Waals surface area contributed by atoms with Crippen LogP contribution in [0.15, 0.2) is 0 Å². The maximum atomic E-state index is 13.4. The number of carbonyl (C=O) groups is 5. The molecular weight excluding hydrogens is 980 g/mol. The fraction of sp³-hybridized carbons (Fsp3) is 0.878. The number of hydrogen-bond acceptors (Lipinski definition) is 26. The number of unbranched alkanes of at least 4 members (excludes halogenated alkanes) is 2. The molecule has 416 valence electrons. The number of rotatable bonds is 25. The quantitative estimate of drug-likeness (QED) is 0.0378. The Morgan fingerprint density at radius 2 is 1.04 bits per heavy atom. The van der Waals surface area contributed by atoms with E-state index in [1.165, 1.54) is 0 Å². The van der Waals surface area contributed by atoms with Crippen molar-refractivity contribution < 1.29 is 133 Å². The van der Waals surface area contributed by atoms with Gasteiger partial charge in [0.2, 0.25) is 17.7 Å². The van der Waals surface area contributed by atoms with Crippen LogP contribution >= 0.6 is 0 Å². The Hall–Kier alpha value is -3.49. The van der Waals surface area contributed by atoms with Gasteiger partial charge in [-0.1, -0.05) is 0 Å². The highest BCUT2D eigenvalue weighted by atomic mass is 16.8. The fourth-order valence-corrected chi connectivity index (χ4v) is 8.91. The maximum absolute atomic E-state index is 13.4. The number of nitrogens with two attached hydrogens (primary N) is 1. The molecule has 0 unspecified atom stereocenters. The second-order valence-electron chi connectivity index (χ2n) is 17.9. The van der Waals surface area contributed by atoms with Crippen LogP contribution < -0.4 is 21.7 Å². The van der Waals surface area contributed by atoms with Gasteiger partial charge in [-0.15, -0.1) is 0 Å². The molecule has 22 atom stereocenters. The number of carbonyl (C=O) groups excluding carboxylic acids is 3. The van der Waals surface area contributed by atoms with Crippen LogP contribution in [-0.4, -0.2) is 275 Å². The van der Waals surface area contributed by atoms with E-state index in [0.29, 0.717) is 25.8 Å². The molecule has 0 aromatic rings. The molecule has 0 bridgehead atoms. The van der Waals surface area contributed by atoms with Crippen molar-refractivity contribution in [1.82, 2.24) is 16.0 Å². The first-order valence-corrected chi connectivity index (χ1v) is 23.0. The van der Waals surface area contributed by atoms with Gasteiger partial charge in [0.05, 0.1) is 50.7 Å². The monoisotopic (exact) mass is 1050 g/mol. The van der Waals surface area contributed by atoms with E-state index in [-0.39, 0.29) is 6.61 Å². The highest BCUT2D eigenvalue weighted by molar-refractivity contribution is 5.77. The molecule has 4 heterocycles. The van der Waals surface area contributed by atoms with Crippen LogP contribution in [0.25, 0.3) is 0 Å². The van der Waals surface area contributed by atoms with Gasteiger partial charge in [0.15, 0.2) is 12.6 Å². The summed E-state index contributed by atoms with van der Waals surface area (Å²) < 4.78 is 47.3. The zero-order chi connectivity index (χ0) is 54.0. The predicted octanol–water partition coefficient (Wildman–Crippen LogP) is -9.75. The summed E-state index contributed by atoms with van der Waals surface area (Å²) in [7, 11) is 0. The molecule has 0 radical (unpaired) electrons. The molecule has 19 N–H and O–H groups in total. The predicted molar refractivity (Wildman–Crippen MR) is 230 cm³/mol. The van der Waals surface area contributed by atoms with E-state index in [1.807, 2.05) is 0 Å². The highest BCUT2D eigenvalue weighted by Crippen LogP contribution is 2.41. The lowest BCUT2D eigenvalue weighted by molar-refractivity contribution is -0.394. The number of carboxylic acid groups (broad SMARTS) is 2. The van der Waals surface area contributed by atoms with Crippen molar-refractivity contribution in [3.05, 3.63) is 0 Å². The Kier molecular flexibility index (Phi) is 22.7. The molecule has 0 aromatic heterocycles. The zero-order valence-electron chi connectivity index (χ0n) is 39.5. The Balaban J connectivity index is 1.79. The molecule has 0 aliphatic carbocycles. The first kappa shape index (κ1) is 61.1. The molecule has 0 aromatic carbocycles. The Morgan fingerprint density at radius 1 is 0.611 bits per heavy atom. The summed E-state index contributed by atoms with van der Waals surface area (Å²) in [6.45, 7) is -1.27. The summed E-state index contributed by atoms with van der Waals surface area (Å²) >= 11 is 0. The third-order valence-corrected chi connectivity index (χ3v) is 12.5. The van der Waals surface area contributed by atoms with Crippen LogP contribution in [0.4, 0.5) is 0 Å². The van der Waals surface area contributed by atoms with E-state index in [9.17, 15) is 95.5 Å². The number of nitrogens with one attached hydrogen (secondary N) is 3. The van der Waals surface area contributed by atoms with Crippen LogP contribution in [0.2, 0.25) is 0 Å². The highest BCUT2D eigenvalue weighted by Gasteiger charge is 2.63. The molecule has 31 nitrogen and oxygen atoms in total. The molecule has 3 amide bonds. The average Bonchev–Trinajstić information content (AvgIpc) is 3.32. The van der Waals surface area contributed by atoms with Crippen molar-refractivity contribution in [2.75, 3.05) is 39.6 Å². The van der Waals surface area contributed by atoms with Gasteiger partial charge in [-0.25, -0.2) is 9.59 Å². The van der Waals surface area contributed by atoms with Crippen molar-refractivity contribution in [3.63, 3.8) is 0 Å². The molecule has 4 fully saturated rings. The molecule has 4 aliphatic heterocycles. The molecule has 4 saturated heterocycles. The molecule has 31 heteroatoms. The Labute approximate surface area is 410 Å². The molecule has 0 spiro atoms. The standard InChI is InChI=1S/C41H70N4O27/c1-15(50)43-24-18(53)9-40(38(61)62,70-33(24)27(57)20(55)11-46)69-31-22(13-48)67-37(30(60)29(31)59)68-32-23(14-49)66-36(65-8-6-4-5-7-42)26(45-17(3)52)35(32)72-41(39(63)64)10-19(54)25(44-16(2)51)34(71-41)28(58)21(56)12-47/h18-37,46-49,53-60H,4-14,42H2,1-3H3,(H,43,50)(H,44,51)(H,45,52)(H,61,62)(H,63,64)/t18-,19-,20+,21+,22+,23+,24+,25+,26+,27+,28+,29+,30+,31-,32+,33+,34+,35+,36+,37-,40-,41+/m0/s1. The Bertz CT molecular complexity index is 1790. The van der Waals surface area contributed by atoms with Crippen molar-refractivity contribution in [2.45, 2.75) is 187 Å². The van der Waals surface area contributed by atoms with Crippen LogP contribution in [-0.2, 0) is 61.9 Å². The summed E-state index contributed by atoms with van der Waals surface area (Å²) in [5, 5.41) is 157. The second kappa shape index (κ2) is 26.8. The molecule has 4 aliphatic rings. The zero-order valence-corrected chi connectivity index (χ0v) is 39.5. The molecule has 0 saturated carbocycles. The van der Waals surface area contributed by atoms with Gasteiger partial charge in [-0.05, 0) is 25.8 Å². The number of aliphatic hydroxyl groups excluding tert-OH is 12. The number of ether oxygens (including phenoxy) is 8. The van der Waals surface area contributed by atoms with Gasteiger partial charge in [0, 0.05) is 40.2 Å². The molecular formula is C41H70N4O27. The number of carboxylic acids is 2. The lowest BCUT2D eigenvalue weighted by Gasteiger charge is -2.53. The number of amides is 3. The van der Waals surface area contributed by atoms with Gasteiger partial charge < -0.3 is 131 Å².